The van der Waals surface area contributed by atoms with Crippen LogP contribution in [0.4, 0.5) is 5.69 Å². The molecule has 0 aliphatic heterocycles. The molecule has 0 bridgehead atoms. The normalized spacial score (nSPS) is 13.4. The van der Waals surface area contributed by atoms with Crippen LogP contribution in [0, 0.1) is 0 Å². The van der Waals surface area contributed by atoms with Crippen molar-refractivity contribution in [3.8, 4) is 0 Å². The topological polar surface area (TPSA) is 24.1 Å². The van der Waals surface area contributed by atoms with Gasteiger partial charge in [-0.3, -0.25) is 0 Å². The van der Waals surface area contributed by atoms with Gasteiger partial charge in [-0.1, -0.05) is 24.3 Å². The molecule has 3 rings (SSSR count). The van der Waals surface area contributed by atoms with E-state index in [1.807, 2.05) is 7.05 Å². The highest BCUT2D eigenvalue weighted by Gasteiger charge is 2.10. The minimum atomic E-state index is 1.01. The highest BCUT2D eigenvalue weighted by Crippen LogP contribution is 2.33. The number of benzene rings is 1. The molecule has 0 radical (unpaired) electrons. The van der Waals surface area contributed by atoms with Gasteiger partial charge in [-0.15, -0.1) is 0 Å². The Morgan fingerprint density at radius 1 is 1.27 bits per heavy atom. The van der Waals surface area contributed by atoms with E-state index in [0.717, 1.165) is 19.4 Å². The number of hydrogen-bond acceptors (Lipinski definition) is 4. The molecule has 2 aromatic rings. The molecule has 1 aliphatic rings. The molecule has 0 atom stereocenters. The second-order valence-corrected chi connectivity index (χ2v) is 6.88. The predicted molar refractivity (Wildman–Crippen MR) is 99.6 cm³/mol. The number of rotatable bonds is 7. The summed E-state index contributed by atoms with van der Waals surface area (Å²) in [4.78, 5) is 1.26. The van der Waals surface area contributed by atoms with Gasteiger partial charge in [0.05, 0.1) is 5.69 Å². The van der Waals surface area contributed by atoms with Gasteiger partial charge in [-0.2, -0.15) is 11.3 Å². The number of likely N-dealkylation sites (N-methyl/N-ethyl adjacent to an activating group) is 1. The third-order valence-corrected chi connectivity index (χ3v) is 5.28. The minimum Gasteiger partial charge on any atom is -0.325 e. The molecule has 1 heterocycles. The SMILES string of the molecule is CNCCc1ccc(NSc2ccsc2)c(C2=CC=CC2)c1. The molecular weight excluding hydrogens is 308 g/mol. The fourth-order valence-corrected chi connectivity index (χ4v) is 3.95. The van der Waals surface area contributed by atoms with E-state index in [4.69, 9.17) is 0 Å². The molecule has 0 amide bonds. The van der Waals surface area contributed by atoms with Gasteiger partial charge < -0.3 is 10.0 Å². The lowest BCUT2D eigenvalue weighted by molar-refractivity contribution is 0.791. The van der Waals surface area contributed by atoms with Crippen molar-refractivity contribution in [2.24, 2.45) is 0 Å². The maximum absolute atomic E-state index is 3.51. The van der Waals surface area contributed by atoms with E-state index in [1.54, 1.807) is 23.3 Å². The number of hydrogen-bond donors (Lipinski definition) is 2. The van der Waals surface area contributed by atoms with Crippen molar-refractivity contribution in [2.45, 2.75) is 17.7 Å². The zero-order chi connectivity index (χ0) is 15.2. The Hall–Kier alpha value is -1.49. The van der Waals surface area contributed by atoms with Crippen LogP contribution < -0.4 is 10.0 Å². The molecule has 0 spiro atoms. The lowest BCUT2D eigenvalue weighted by atomic mass is 9.99. The number of nitrogens with one attached hydrogen (secondary N) is 2. The highest BCUT2D eigenvalue weighted by atomic mass is 32.2. The van der Waals surface area contributed by atoms with Crippen molar-refractivity contribution < 1.29 is 0 Å². The molecule has 4 heteroatoms. The quantitative estimate of drug-likeness (QED) is 0.702. The Kier molecular flexibility index (Phi) is 5.38. The van der Waals surface area contributed by atoms with Gasteiger partial charge in [0.15, 0.2) is 0 Å². The first kappa shape index (κ1) is 15.4. The lowest BCUT2D eigenvalue weighted by Gasteiger charge is -2.14. The first-order chi connectivity index (χ1) is 10.9. The van der Waals surface area contributed by atoms with Crippen molar-refractivity contribution in [3.63, 3.8) is 0 Å². The van der Waals surface area contributed by atoms with Crippen molar-refractivity contribution in [3.05, 3.63) is 64.4 Å². The average molecular weight is 329 g/mol. The van der Waals surface area contributed by atoms with Gasteiger partial charge in [-0.25, -0.2) is 0 Å². The molecule has 2 nitrogen and oxygen atoms in total. The standard InChI is InChI=1S/C18H20N2S2/c1-19-10-8-14-6-7-18(20-22-16-9-11-21-13-16)17(12-14)15-4-2-3-5-15/h2-4,6-7,9,11-13,19-20H,5,8,10H2,1H3. The van der Waals surface area contributed by atoms with Crippen LogP contribution in [0.3, 0.4) is 0 Å². The van der Waals surface area contributed by atoms with Crippen LogP contribution in [0.5, 0.6) is 0 Å². The van der Waals surface area contributed by atoms with Crippen LogP contribution in [0.1, 0.15) is 17.5 Å². The van der Waals surface area contributed by atoms with Crippen LogP contribution in [-0.4, -0.2) is 13.6 Å². The van der Waals surface area contributed by atoms with Crippen LogP contribution in [-0.2, 0) is 6.42 Å². The fourth-order valence-electron chi connectivity index (χ4n) is 2.44. The van der Waals surface area contributed by atoms with Crippen molar-refractivity contribution >= 4 is 34.5 Å². The summed E-state index contributed by atoms with van der Waals surface area (Å²) in [6.07, 6.45) is 8.66. The Labute approximate surface area is 140 Å². The Morgan fingerprint density at radius 2 is 2.23 bits per heavy atom. The summed E-state index contributed by atoms with van der Waals surface area (Å²) in [7, 11) is 2.00. The highest BCUT2D eigenvalue weighted by molar-refractivity contribution is 8.00. The summed E-state index contributed by atoms with van der Waals surface area (Å²) in [5.41, 5.74) is 5.28. The molecule has 1 aromatic carbocycles. The minimum absolute atomic E-state index is 1.01. The molecule has 0 fully saturated rings. The van der Waals surface area contributed by atoms with E-state index in [-0.39, 0.29) is 0 Å². The molecule has 114 valence electrons. The van der Waals surface area contributed by atoms with Gasteiger partial charge in [-0.05, 0) is 73.1 Å². The van der Waals surface area contributed by atoms with E-state index in [1.165, 1.54) is 27.3 Å². The second-order valence-electron chi connectivity index (χ2n) is 5.22. The van der Waals surface area contributed by atoms with E-state index in [2.05, 4.69) is 63.3 Å². The van der Waals surface area contributed by atoms with Crippen LogP contribution in [0.15, 0.2) is 58.1 Å². The number of allylic oxidation sites excluding steroid dienone is 4. The Morgan fingerprint density at radius 3 is 2.95 bits per heavy atom. The smallest absolute Gasteiger partial charge is 0.0519 e. The van der Waals surface area contributed by atoms with E-state index >= 15 is 0 Å². The summed E-state index contributed by atoms with van der Waals surface area (Å²) in [6, 6.07) is 8.89. The molecule has 1 aliphatic carbocycles. The summed E-state index contributed by atoms with van der Waals surface area (Å²) < 4.78 is 3.51. The summed E-state index contributed by atoms with van der Waals surface area (Å²) in [6.45, 7) is 1.01. The maximum Gasteiger partial charge on any atom is 0.0519 e. The van der Waals surface area contributed by atoms with Crippen LogP contribution in [0.2, 0.25) is 0 Å². The predicted octanol–water partition coefficient (Wildman–Crippen LogP) is 4.97. The van der Waals surface area contributed by atoms with Gasteiger partial charge in [0.2, 0.25) is 0 Å². The maximum atomic E-state index is 3.51. The largest absolute Gasteiger partial charge is 0.325 e. The zero-order valence-electron chi connectivity index (χ0n) is 12.6. The summed E-state index contributed by atoms with van der Waals surface area (Å²) >= 11 is 3.40. The molecule has 2 N–H and O–H groups in total. The van der Waals surface area contributed by atoms with Gasteiger partial charge in [0.1, 0.15) is 0 Å². The molecule has 0 unspecified atom stereocenters. The molecule has 1 aromatic heterocycles. The lowest BCUT2D eigenvalue weighted by Crippen LogP contribution is -2.10. The third kappa shape index (κ3) is 3.83. The van der Waals surface area contributed by atoms with Crippen molar-refractivity contribution in [2.75, 3.05) is 18.3 Å². The van der Waals surface area contributed by atoms with Crippen LogP contribution in [0.25, 0.3) is 5.57 Å². The molecule has 0 saturated carbocycles. The first-order valence-corrected chi connectivity index (χ1v) is 9.21. The molecule has 22 heavy (non-hydrogen) atoms. The van der Waals surface area contributed by atoms with Crippen molar-refractivity contribution in [1.29, 1.82) is 0 Å². The van der Waals surface area contributed by atoms with Gasteiger partial charge >= 0.3 is 0 Å². The monoisotopic (exact) mass is 328 g/mol. The van der Waals surface area contributed by atoms with Crippen LogP contribution >= 0.6 is 23.3 Å². The Balaban J connectivity index is 1.80. The first-order valence-electron chi connectivity index (χ1n) is 7.45. The second kappa shape index (κ2) is 7.68. The van der Waals surface area contributed by atoms with E-state index in [0.29, 0.717) is 0 Å². The van der Waals surface area contributed by atoms with E-state index in [9.17, 15) is 0 Å². The third-order valence-electron chi connectivity index (χ3n) is 3.64. The zero-order valence-corrected chi connectivity index (χ0v) is 14.3. The number of anilines is 1. The Bertz CT molecular complexity index is 672. The van der Waals surface area contributed by atoms with E-state index < -0.39 is 0 Å². The molecule has 0 saturated heterocycles. The van der Waals surface area contributed by atoms with Gasteiger partial charge in [0.25, 0.3) is 0 Å². The fraction of sp³-hybridized carbons (Fsp3) is 0.222. The summed E-state index contributed by atoms with van der Waals surface area (Å²) in [5.74, 6) is 0. The summed E-state index contributed by atoms with van der Waals surface area (Å²) in [5, 5.41) is 7.49. The van der Waals surface area contributed by atoms with Crippen molar-refractivity contribution in [1.82, 2.24) is 5.32 Å². The average Bonchev–Trinajstić information content (AvgIpc) is 3.24. The molecular formula is C18H20N2S2. The number of thiophene rings is 1. The van der Waals surface area contributed by atoms with Gasteiger partial charge in [0, 0.05) is 15.8 Å².